The molecule has 0 radical (unpaired) electrons. The fourth-order valence-electron chi connectivity index (χ4n) is 3.84. The van der Waals surface area contributed by atoms with Gasteiger partial charge in [0.25, 0.3) is 0 Å². The fraction of sp³-hybridized carbons (Fsp3) is 0.609. The van der Waals surface area contributed by atoms with E-state index in [0.717, 1.165) is 5.56 Å². The number of carbonyl (C=O) groups excluding carboxylic acids is 3. The summed E-state index contributed by atoms with van der Waals surface area (Å²) in [7, 11) is 0. The molecule has 170 valence electrons. The average molecular weight is 432 g/mol. The molecule has 2 fully saturated rings. The molecule has 8 nitrogen and oxygen atoms in total. The predicted molar refractivity (Wildman–Crippen MR) is 115 cm³/mol. The Morgan fingerprint density at radius 1 is 0.903 bits per heavy atom. The van der Waals surface area contributed by atoms with E-state index in [2.05, 4.69) is 0 Å². The van der Waals surface area contributed by atoms with Gasteiger partial charge in [0.15, 0.2) is 0 Å². The summed E-state index contributed by atoms with van der Waals surface area (Å²) in [5.74, 6) is -0.179. The highest BCUT2D eigenvalue weighted by molar-refractivity contribution is 5.81. The van der Waals surface area contributed by atoms with E-state index in [9.17, 15) is 14.4 Å². The average Bonchev–Trinajstić information content (AvgIpc) is 3.09. The molecule has 2 aliphatic rings. The topological polar surface area (TPSA) is 79.4 Å². The molecule has 0 aromatic heterocycles. The minimum absolute atomic E-state index is 0.0457. The fourth-order valence-corrected chi connectivity index (χ4v) is 3.84. The highest BCUT2D eigenvalue weighted by Crippen LogP contribution is 2.21. The van der Waals surface area contributed by atoms with Crippen LogP contribution in [0.15, 0.2) is 30.3 Å². The zero-order valence-corrected chi connectivity index (χ0v) is 18.7. The van der Waals surface area contributed by atoms with Crippen molar-refractivity contribution in [2.75, 3.05) is 39.3 Å². The standard InChI is InChI=1S/C23H33N3O5/c1-23(2,3)31-22(29)25-12-7-11-24(14-15-25)20(27)19-10-13-26(16-19)21(28)30-17-18-8-5-4-6-9-18/h4-6,8-9,19H,7,10-17H2,1-3H3. The second kappa shape index (κ2) is 10.0. The molecule has 31 heavy (non-hydrogen) atoms. The molecular weight excluding hydrogens is 398 g/mol. The zero-order chi connectivity index (χ0) is 22.4. The van der Waals surface area contributed by atoms with E-state index in [1.165, 1.54) is 0 Å². The van der Waals surface area contributed by atoms with Crippen LogP contribution in [0.2, 0.25) is 0 Å². The smallest absolute Gasteiger partial charge is 0.410 e. The Morgan fingerprint density at radius 3 is 2.29 bits per heavy atom. The third kappa shape index (κ3) is 6.60. The Morgan fingerprint density at radius 2 is 1.58 bits per heavy atom. The van der Waals surface area contributed by atoms with E-state index >= 15 is 0 Å². The summed E-state index contributed by atoms with van der Waals surface area (Å²) in [4.78, 5) is 42.8. The molecule has 1 unspecified atom stereocenters. The minimum atomic E-state index is -0.540. The van der Waals surface area contributed by atoms with Crippen molar-refractivity contribution in [2.45, 2.75) is 45.8 Å². The molecule has 0 aliphatic carbocycles. The van der Waals surface area contributed by atoms with Gasteiger partial charge < -0.3 is 24.2 Å². The first kappa shape index (κ1) is 22.9. The first-order chi connectivity index (χ1) is 14.7. The van der Waals surface area contributed by atoms with Crippen LogP contribution in [0, 0.1) is 5.92 Å². The molecular formula is C23H33N3O5. The van der Waals surface area contributed by atoms with E-state index in [-0.39, 0.29) is 30.6 Å². The number of benzene rings is 1. The monoisotopic (exact) mass is 431 g/mol. The molecule has 2 aliphatic heterocycles. The molecule has 1 atom stereocenters. The van der Waals surface area contributed by atoms with Gasteiger partial charge >= 0.3 is 12.2 Å². The summed E-state index contributed by atoms with van der Waals surface area (Å²) in [6, 6.07) is 9.53. The Kier molecular flexibility index (Phi) is 7.41. The summed E-state index contributed by atoms with van der Waals surface area (Å²) < 4.78 is 10.8. The van der Waals surface area contributed by atoms with Gasteiger partial charge in [-0.05, 0) is 39.2 Å². The van der Waals surface area contributed by atoms with E-state index < -0.39 is 5.60 Å². The number of amides is 3. The third-order valence-electron chi connectivity index (χ3n) is 5.46. The molecule has 0 bridgehead atoms. The summed E-state index contributed by atoms with van der Waals surface area (Å²) in [5.41, 5.74) is 0.392. The molecule has 3 rings (SSSR count). The number of likely N-dealkylation sites (tertiary alicyclic amines) is 1. The molecule has 1 aromatic rings. The van der Waals surface area contributed by atoms with Gasteiger partial charge in [0.2, 0.25) is 5.91 Å². The number of hydrogen-bond acceptors (Lipinski definition) is 5. The second-order valence-electron chi connectivity index (χ2n) is 9.12. The van der Waals surface area contributed by atoms with Crippen LogP contribution in [-0.4, -0.2) is 77.7 Å². The molecule has 0 spiro atoms. The van der Waals surface area contributed by atoms with Crippen molar-refractivity contribution in [1.29, 1.82) is 0 Å². The number of carbonyl (C=O) groups is 3. The summed E-state index contributed by atoms with van der Waals surface area (Å²) in [6.07, 6.45) is 0.618. The van der Waals surface area contributed by atoms with Crippen LogP contribution in [0.1, 0.15) is 39.2 Å². The van der Waals surface area contributed by atoms with Crippen molar-refractivity contribution >= 4 is 18.1 Å². The molecule has 8 heteroatoms. The Labute approximate surface area is 184 Å². The van der Waals surface area contributed by atoms with E-state index in [1.54, 1.807) is 9.80 Å². The molecule has 2 heterocycles. The normalized spacial score (nSPS) is 19.7. The largest absolute Gasteiger partial charge is 0.445 e. The number of ether oxygens (including phenoxy) is 2. The van der Waals surface area contributed by atoms with Gasteiger partial charge in [0.1, 0.15) is 12.2 Å². The van der Waals surface area contributed by atoms with Crippen LogP contribution in [0.5, 0.6) is 0 Å². The zero-order valence-electron chi connectivity index (χ0n) is 18.7. The minimum Gasteiger partial charge on any atom is -0.445 e. The van der Waals surface area contributed by atoms with Crippen LogP contribution >= 0.6 is 0 Å². The number of rotatable bonds is 3. The van der Waals surface area contributed by atoms with Gasteiger partial charge in [0.05, 0.1) is 5.92 Å². The predicted octanol–water partition coefficient (Wildman–Crippen LogP) is 3.11. The lowest BCUT2D eigenvalue weighted by Gasteiger charge is -2.27. The van der Waals surface area contributed by atoms with Gasteiger partial charge in [-0.2, -0.15) is 0 Å². The molecule has 3 amide bonds. The van der Waals surface area contributed by atoms with Crippen LogP contribution in [-0.2, 0) is 20.9 Å². The lowest BCUT2D eigenvalue weighted by atomic mass is 10.1. The lowest BCUT2D eigenvalue weighted by Crippen LogP contribution is -2.42. The number of hydrogen-bond donors (Lipinski definition) is 0. The Bertz CT molecular complexity index is 777. The van der Waals surface area contributed by atoms with Gasteiger partial charge in [0, 0.05) is 39.3 Å². The summed E-state index contributed by atoms with van der Waals surface area (Å²) >= 11 is 0. The highest BCUT2D eigenvalue weighted by Gasteiger charge is 2.35. The molecule has 0 saturated carbocycles. The van der Waals surface area contributed by atoms with Crippen molar-refractivity contribution in [3.05, 3.63) is 35.9 Å². The van der Waals surface area contributed by atoms with Crippen LogP contribution in [0.3, 0.4) is 0 Å². The van der Waals surface area contributed by atoms with Crippen LogP contribution < -0.4 is 0 Å². The van der Waals surface area contributed by atoms with Gasteiger partial charge in [-0.1, -0.05) is 30.3 Å². The van der Waals surface area contributed by atoms with Crippen LogP contribution in [0.4, 0.5) is 9.59 Å². The quantitative estimate of drug-likeness (QED) is 0.735. The van der Waals surface area contributed by atoms with Crippen molar-refractivity contribution in [3.8, 4) is 0 Å². The van der Waals surface area contributed by atoms with Crippen molar-refractivity contribution in [3.63, 3.8) is 0 Å². The van der Waals surface area contributed by atoms with Crippen molar-refractivity contribution in [1.82, 2.24) is 14.7 Å². The van der Waals surface area contributed by atoms with E-state index in [0.29, 0.717) is 52.1 Å². The van der Waals surface area contributed by atoms with Gasteiger partial charge in [-0.25, -0.2) is 9.59 Å². The summed E-state index contributed by atoms with van der Waals surface area (Å²) in [6.45, 7) is 8.75. The number of nitrogens with zero attached hydrogens (tertiary/aromatic N) is 3. The molecule has 1 aromatic carbocycles. The van der Waals surface area contributed by atoms with Gasteiger partial charge in [-0.15, -0.1) is 0 Å². The van der Waals surface area contributed by atoms with Crippen molar-refractivity contribution < 1.29 is 23.9 Å². The molecule has 2 saturated heterocycles. The van der Waals surface area contributed by atoms with Gasteiger partial charge in [-0.3, -0.25) is 4.79 Å². The highest BCUT2D eigenvalue weighted by atomic mass is 16.6. The van der Waals surface area contributed by atoms with Crippen LogP contribution in [0.25, 0.3) is 0 Å². The maximum atomic E-state index is 13.0. The third-order valence-corrected chi connectivity index (χ3v) is 5.46. The van der Waals surface area contributed by atoms with E-state index in [4.69, 9.17) is 9.47 Å². The lowest BCUT2D eigenvalue weighted by molar-refractivity contribution is -0.134. The maximum Gasteiger partial charge on any atom is 0.410 e. The van der Waals surface area contributed by atoms with Crippen molar-refractivity contribution in [2.24, 2.45) is 5.92 Å². The summed E-state index contributed by atoms with van der Waals surface area (Å²) in [5, 5.41) is 0. The Balaban J connectivity index is 1.46. The first-order valence-electron chi connectivity index (χ1n) is 11.0. The maximum absolute atomic E-state index is 13.0. The second-order valence-corrected chi connectivity index (χ2v) is 9.12. The SMILES string of the molecule is CC(C)(C)OC(=O)N1CCCN(C(=O)C2CCN(C(=O)OCc3ccccc3)C2)CC1. The Hall–Kier alpha value is -2.77. The van der Waals surface area contributed by atoms with E-state index in [1.807, 2.05) is 56.0 Å². The molecule has 0 N–H and O–H groups in total. The first-order valence-corrected chi connectivity index (χ1v) is 11.0.